The number of hydrogen-bond donors (Lipinski definition) is 0. The Morgan fingerprint density at radius 1 is 0.350 bits per heavy atom. The molecular weight excluding hydrogens is 745 g/mol. The summed E-state index contributed by atoms with van der Waals surface area (Å²) >= 11 is 0. The molecule has 0 fully saturated rings. The van der Waals surface area contributed by atoms with E-state index in [-0.39, 0.29) is 31.1 Å². The highest BCUT2D eigenvalue weighted by molar-refractivity contribution is 5.71. The number of carbonyl (C=O) groups is 3. The molecule has 0 aromatic carbocycles. The molecular formula is C54H92O6. The molecule has 1 atom stereocenters. The molecule has 60 heavy (non-hydrogen) atoms. The van der Waals surface area contributed by atoms with E-state index in [0.29, 0.717) is 19.3 Å². The molecule has 0 saturated heterocycles. The summed E-state index contributed by atoms with van der Waals surface area (Å²) in [6.07, 6.45) is 60.3. The van der Waals surface area contributed by atoms with Crippen molar-refractivity contribution < 1.29 is 28.6 Å². The minimum absolute atomic E-state index is 0.101. The second kappa shape index (κ2) is 48.5. The first-order chi connectivity index (χ1) is 29.5. The van der Waals surface area contributed by atoms with E-state index in [1.54, 1.807) is 0 Å². The van der Waals surface area contributed by atoms with Gasteiger partial charge in [-0.1, -0.05) is 196 Å². The number of esters is 3. The van der Waals surface area contributed by atoms with Crippen molar-refractivity contribution in [1.29, 1.82) is 0 Å². The van der Waals surface area contributed by atoms with Crippen molar-refractivity contribution in [2.24, 2.45) is 0 Å². The predicted octanol–water partition coefficient (Wildman–Crippen LogP) is 16.3. The highest BCUT2D eigenvalue weighted by Gasteiger charge is 2.19. The molecule has 0 aliphatic heterocycles. The highest BCUT2D eigenvalue weighted by atomic mass is 16.6. The van der Waals surface area contributed by atoms with Crippen LogP contribution in [0.5, 0.6) is 0 Å². The molecule has 6 nitrogen and oxygen atoms in total. The van der Waals surface area contributed by atoms with E-state index in [9.17, 15) is 14.4 Å². The SMILES string of the molecule is CC\C=C/C=C\C=C/CCCCCCCC(=O)OC(COC(=O)CCCCC/C=C\C=C/CCCCCCCCC)COC(=O)CCCCC/C=C\CCCCCCCC. The minimum atomic E-state index is -0.801. The van der Waals surface area contributed by atoms with Gasteiger partial charge in [0.25, 0.3) is 0 Å². The van der Waals surface area contributed by atoms with Crippen LogP contribution in [0.25, 0.3) is 0 Å². The lowest BCUT2D eigenvalue weighted by atomic mass is 10.1. The molecule has 1 unspecified atom stereocenters. The number of unbranched alkanes of at least 4 members (excludes halogenated alkanes) is 24. The fourth-order valence-electron chi connectivity index (χ4n) is 6.72. The quantitative estimate of drug-likeness (QED) is 0.0200. The zero-order valence-corrected chi connectivity index (χ0v) is 39.2. The van der Waals surface area contributed by atoms with Gasteiger partial charge in [0.15, 0.2) is 6.10 Å². The molecule has 6 heteroatoms. The van der Waals surface area contributed by atoms with Crippen LogP contribution in [0.1, 0.15) is 233 Å². The van der Waals surface area contributed by atoms with Crippen molar-refractivity contribution >= 4 is 17.9 Å². The van der Waals surface area contributed by atoms with E-state index in [1.807, 2.05) is 0 Å². The van der Waals surface area contributed by atoms with Crippen LogP contribution in [0.15, 0.2) is 72.9 Å². The van der Waals surface area contributed by atoms with Gasteiger partial charge in [0.1, 0.15) is 13.2 Å². The van der Waals surface area contributed by atoms with Crippen molar-refractivity contribution in [3.8, 4) is 0 Å². The number of hydrogen-bond acceptors (Lipinski definition) is 6. The first-order valence-electron chi connectivity index (χ1n) is 25.0. The first-order valence-corrected chi connectivity index (χ1v) is 25.0. The summed E-state index contributed by atoms with van der Waals surface area (Å²) in [5, 5.41) is 0. The third-order valence-electron chi connectivity index (χ3n) is 10.5. The van der Waals surface area contributed by atoms with Gasteiger partial charge in [0, 0.05) is 19.3 Å². The molecule has 0 N–H and O–H groups in total. The lowest BCUT2D eigenvalue weighted by Gasteiger charge is -2.18. The van der Waals surface area contributed by atoms with Gasteiger partial charge in [0.05, 0.1) is 0 Å². The van der Waals surface area contributed by atoms with Crippen LogP contribution in [0.2, 0.25) is 0 Å². The molecule has 0 saturated carbocycles. The number of allylic oxidation sites excluding steroid dienone is 12. The van der Waals surface area contributed by atoms with Crippen molar-refractivity contribution in [2.75, 3.05) is 13.2 Å². The van der Waals surface area contributed by atoms with Gasteiger partial charge in [-0.25, -0.2) is 0 Å². The smallest absolute Gasteiger partial charge is 0.306 e. The van der Waals surface area contributed by atoms with E-state index in [1.165, 1.54) is 83.5 Å². The van der Waals surface area contributed by atoms with Crippen molar-refractivity contribution in [3.05, 3.63) is 72.9 Å². The van der Waals surface area contributed by atoms with E-state index < -0.39 is 6.10 Å². The molecule has 0 radical (unpaired) electrons. The van der Waals surface area contributed by atoms with E-state index in [4.69, 9.17) is 14.2 Å². The Morgan fingerprint density at radius 2 is 0.667 bits per heavy atom. The Hall–Kier alpha value is -3.15. The van der Waals surface area contributed by atoms with Crippen LogP contribution in [0.4, 0.5) is 0 Å². The van der Waals surface area contributed by atoms with Gasteiger partial charge in [-0.2, -0.15) is 0 Å². The normalized spacial score (nSPS) is 12.7. The van der Waals surface area contributed by atoms with Crippen LogP contribution in [0.3, 0.4) is 0 Å². The standard InChI is InChI=1S/C54H92O6/c1-4-7-10-13-16-19-22-25-26-27-30-32-35-38-41-44-47-53(56)59-50-51(60-54(57)48-45-42-39-36-33-29-24-21-18-15-12-9-6-3)49-58-52(55)46-43-40-37-34-31-28-23-20-17-14-11-8-5-2/h9,12,15,18,21,24,26-28,30-32,51H,4-8,10-11,13-14,16-17,19-20,22-23,25,29,33-50H2,1-3H3/b12-9-,18-15-,24-21-,27-26-,31-28-,32-30-. The fraction of sp³-hybridized carbons (Fsp3) is 0.722. The maximum atomic E-state index is 12.8. The van der Waals surface area contributed by atoms with Gasteiger partial charge in [-0.05, 0) is 89.9 Å². The monoisotopic (exact) mass is 837 g/mol. The molecule has 0 bridgehead atoms. The zero-order valence-electron chi connectivity index (χ0n) is 39.2. The molecule has 0 amide bonds. The Labute approximate surface area is 370 Å². The summed E-state index contributed by atoms with van der Waals surface area (Å²) in [5.74, 6) is -0.964. The summed E-state index contributed by atoms with van der Waals surface area (Å²) in [5.41, 5.74) is 0. The number of rotatable bonds is 44. The third-order valence-corrected chi connectivity index (χ3v) is 10.5. The Balaban J connectivity index is 4.47. The molecule has 0 rings (SSSR count). The maximum Gasteiger partial charge on any atom is 0.306 e. The van der Waals surface area contributed by atoms with E-state index in [2.05, 4.69) is 93.7 Å². The summed E-state index contributed by atoms with van der Waals surface area (Å²) in [6.45, 7) is 6.43. The average Bonchev–Trinajstić information content (AvgIpc) is 3.24. The van der Waals surface area contributed by atoms with Gasteiger partial charge < -0.3 is 14.2 Å². The molecule has 0 aromatic rings. The lowest BCUT2D eigenvalue weighted by molar-refractivity contribution is -0.167. The van der Waals surface area contributed by atoms with Crippen LogP contribution in [-0.2, 0) is 28.6 Å². The molecule has 0 spiro atoms. The molecule has 0 aliphatic carbocycles. The largest absolute Gasteiger partial charge is 0.462 e. The average molecular weight is 837 g/mol. The minimum Gasteiger partial charge on any atom is -0.462 e. The van der Waals surface area contributed by atoms with Gasteiger partial charge >= 0.3 is 17.9 Å². The highest BCUT2D eigenvalue weighted by Crippen LogP contribution is 2.13. The van der Waals surface area contributed by atoms with Gasteiger partial charge in [0.2, 0.25) is 0 Å². The molecule has 0 heterocycles. The summed E-state index contributed by atoms with van der Waals surface area (Å²) in [7, 11) is 0. The second-order valence-electron chi connectivity index (χ2n) is 16.4. The van der Waals surface area contributed by atoms with Crippen molar-refractivity contribution in [2.45, 2.75) is 239 Å². The van der Waals surface area contributed by atoms with Crippen LogP contribution < -0.4 is 0 Å². The summed E-state index contributed by atoms with van der Waals surface area (Å²) < 4.78 is 16.7. The van der Waals surface area contributed by atoms with Crippen LogP contribution in [-0.4, -0.2) is 37.2 Å². The molecule has 0 aliphatic rings. The fourth-order valence-corrected chi connectivity index (χ4v) is 6.72. The summed E-state index contributed by atoms with van der Waals surface area (Å²) in [4.78, 5) is 37.9. The van der Waals surface area contributed by atoms with Crippen LogP contribution >= 0.6 is 0 Å². The van der Waals surface area contributed by atoms with E-state index in [0.717, 1.165) is 109 Å². The molecule has 344 valence electrons. The lowest BCUT2D eigenvalue weighted by Crippen LogP contribution is -2.30. The van der Waals surface area contributed by atoms with Crippen molar-refractivity contribution in [1.82, 2.24) is 0 Å². The summed E-state index contributed by atoms with van der Waals surface area (Å²) in [6, 6.07) is 0. The topological polar surface area (TPSA) is 78.9 Å². The maximum absolute atomic E-state index is 12.8. The van der Waals surface area contributed by atoms with Gasteiger partial charge in [-0.3, -0.25) is 14.4 Å². The number of ether oxygens (including phenoxy) is 3. The van der Waals surface area contributed by atoms with E-state index >= 15 is 0 Å². The van der Waals surface area contributed by atoms with Crippen molar-refractivity contribution in [3.63, 3.8) is 0 Å². The molecule has 0 aromatic heterocycles. The Kier molecular flexibility index (Phi) is 46.0. The van der Waals surface area contributed by atoms with Crippen LogP contribution in [0, 0.1) is 0 Å². The Bertz CT molecular complexity index is 1140. The first kappa shape index (κ1) is 56.9. The second-order valence-corrected chi connectivity index (χ2v) is 16.4. The predicted molar refractivity (Wildman–Crippen MR) is 256 cm³/mol. The Morgan fingerprint density at radius 3 is 1.08 bits per heavy atom. The number of carbonyl (C=O) groups excluding carboxylic acids is 3. The zero-order chi connectivity index (χ0) is 43.7. The van der Waals surface area contributed by atoms with Gasteiger partial charge in [-0.15, -0.1) is 0 Å². The third kappa shape index (κ3) is 45.9.